The monoisotopic (exact) mass is 274 g/mol. The molecule has 1 heterocycles. The van der Waals surface area contributed by atoms with Crippen LogP contribution in [0.3, 0.4) is 0 Å². The Morgan fingerprint density at radius 3 is 2.72 bits per heavy atom. The third kappa shape index (κ3) is 1.64. The molecule has 0 fully saturated rings. The van der Waals surface area contributed by atoms with Crippen molar-refractivity contribution < 1.29 is 4.74 Å². The molecule has 0 saturated carbocycles. The van der Waals surface area contributed by atoms with Gasteiger partial charge in [0.1, 0.15) is 5.75 Å². The van der Waals surface area contributed by atoms with Gasteiger partial charge < -0.3 is 4.74 Å². The second kappa shape index (κ2) is 4.38. The zero-order chi connectivity index (χ0) is 12.7. The van der Waals surface area contributed by atoms with Crippen molar-refractivity contribution in [3.63, 3.8) is 0 Å². The Hall–Kier alpha value is -1.38. The molecule has 18 heavy (non-hydrogen) atoms. The van der Waals surface area contributed by atoms with Crippen LogP contribution in [0.5, 0.6) is 5.75 Å². The number of rotatable bonds is 1. The number of ether oxygens (including phenoxy) is 1. The molecule has 0 aromatic heterocycles. The summed E-state index contributed by atoms with van der Waals surface area (Å²) >= 11 is 7.98. The highest BCUT2D eigenvalue weighted by molar-refractivity contribution is 7.99. The molecule has 1 nitrogen and oxygen atoms in total. The topological polar surface area (TPSA) is 9.23 Å². The van der Waals surface area contributed by atoms with Gasteiger partial charge in [0.25, 0.3) is 0 Å². The molecule has 0 bridgehead atoms. The van der Waals surface area contributed by atoms with Gasteiger partial charge in [-0.05, 0) is 29.3 Å². The van der Waals surface area contributed by atoms with Crippen molar-refractivity contribution in [1.29, 1.82) is 0 Å². The first-order valence-electron chi connectivity index (χ1n) is 5.55. The molecule has 0 unspecified atom stereocenters. The van der Waals surface area contributed by atoms with E-state index in [0.29, 0.717) is 0 Å². The van der Waals surface area contributed by atoms with E-state index in [1.807, 2.05) is 24.3 Å². The Morgan fingerprint density at radius 2 is 1.94 bits per heavy atom. The van der Waals surface area contributed by atoms with Crippen LogP contribution in [0.15, 0.2) is 52.8 Å². The maximum absolute atomic E-state index is 6.30. The number of benzene rings is 2. The maximum Gasteiger partial charge on any atom is 0.133 e. The number of methoxy groups -OCH3 is 1. The number of fused-ring (bicyclic) bond motifs is 2. The molecule has 90 valence electrons. The molecule has 0 spiro atoms. The predicted octanol–water partition coefficient (Wildman–Crippen LogP) is 4.87. The van der Waals surface area contributed by atoms with Crippen LogP contribution in [0, 0.1) is 0 Å². The van der Waals surface area contributed by atoms with Gasteiger partial charge in [-0.1, -0.05) is 48.1 Å². The summed E-state index contributed by atoms with van der Waals surface area (Å²) in [6.45, 7) is 4.18. The SMILES string of the molecule is C=C1c2ccccc2Sc2c(OC)ccc(Cl)c21. The predicted molar refractivity (Wildman–Crippen MR) is 76.7 cm³/mol. The Kier molecular flexibility index (Phi) is 2.84. The van der Waals surface area contributed by atoms with E-state index in [1.165, 1.54) is 4.90 Å². The number of halogens is 1. The van der Waals surface area contributed by atoms with Crippen molar-refractivity contribution in [3.8, 4) is 5.75 Å². The van der Waals surface area contributed by atoms with Crippen LogP contribution in [0.25, 0.3) is 5.57 Å². The van der Waals surface area contributed by atoms with E-state index in [0.717, 1.165) is 32.4 Å². The minimum Gasteiger partial charge on any atom is -0.496 e. The number of hydrogen-bond donors (Lipinski definition) is 0. The first kappa shape index (κ1) is 11.7. The van der Waals surface area contributed by atoms with Gasteiger partial charge in [0.05, 0.1) is 12.0 Å². The largest absolute Gasteiger partial charge is 0.496 e. The molecule has 0 amide bonds. The molecule has 0 N–H and O–H groups in total. The van der Waals surface area contributed by atoms with Crippen LogP contribution in [-0.4, -0.2) is 7.11 Å². The number of hydrogen-bond acceptors (Lipinski definition) is 2. The summed E-state index contributed by atoms with van der Waals surface area (Å²) < 4.78 is 5.41. The lowest BCUT2D eigenvalue weighted by atomic mass is 9.98. The third-order valence-corrected chi connectivity index (χ3v) is 4.52. The van der Waals surface area contributed by atoms with E-state index >= 15 is 0 Å². The average Bonchev–Trinajstić information content (AvgIpc) is 2.39. The van der Waals surface area contributed by atoms with Crippen molar-refractivity contribution in [2.24, 2.45) is 0 Å². The summed E-state index contributed by atoms with van der Waals surface area (Å²) in [6, 6.07) is 12.0. The normalized spacial score (nSPS) is 12.9. The zero-order valence-electron chi connectivity index (χ0n) is 9.87. The quantitative estimate of drug-likeness (QED) is 0.626. The second-order valence-electron chi connectivity index (χ2n) is 4.03. The van der Waals surface area contributed by atoms with Gasteiger partial charge in [-0.15, -0.1) is 0 Å². The van der Waals surface area contributed by atoms with Gasteiger partial charge in [-0.2, -0.15) is 0 Å². The summed E-state index contributed by atoms with van der Waals surface area (Å²) in [4.78, 5) is 2.24. The third-order valence-electron chi connectivity index (χ3n) is 3.02. The van der Waals surface area contributed by atoms with Crippen LogP contribution in [-0.2, 0) is 0 Å². The molecule has 2 aromatic carbocycles. The Balaban J connectivity index is 2.28. The zero-order valence-corrected chi connectivity index (χ0v) is 11.4. The van der Waals surface area contributed by atoms with Crippen LogP contribution in [0.4, 0.5) is 0 Å². The van der Waals surface area contributed by atoms with Gasteiger partial charge in [0, 0.05) is 15.5 Å². The first-order valence-corrected chi connectivity index (χ1v) is 6.75. The maximum atomic E-state index is 6.30. The smallest absolute Gasteiger partial charge is 0.133 e. The van der Waals surface area contributed by atoms with Gasteiger partial charge in [0.2, 0.25) is 0 Å². The van der Waals surface area contributed by atoms with E-state index in [4.69, 9.17) is 16.3 Å². The van der Waals surface area contributed by atoms with Crippen LogP contribution >= 0.6 is 23.4 Å². The lowest BCUT2D eigenvalue weighted by Gasteiger charge is -2.23. The molecule has 0 saturated heterocycles. The average molecular weight is 275 g/mol. The van der Waals surface area contributed by atoms with Crippen molar-refractivity contribution in [2.45, 2.75) is 9.79 Å². The molecule has 0 atom stereocenters. The minimum atomic E-state index is 0.720. The van der Waals surface area contributed by atoms with Crippen LogP contribution < -0.4 is 4.74 Å². The fourth-order valence-electron chi connectivity index (χ4n) is 2.13. The van der Waals surface area contributed by atoms with Crippen molar-refractivity contribution in [1.82, 2.24) is 0 Å². The summed E-state index contributed by atoms with van der Waals surface area (Å²) in [7, 11) is 1.67. The van der Waals surface area contributed by atoms with Crippen molar-refractivity contribution in [2.75, 3.05) is 7.11 Å². The van der Waals surface area contributed by atoms with Crippen LogP contribution in [0.1, 0.15) is 11.1 Å². The molecular weight excluding hydrogens is 264 g/mol. The lowest BCUT2D eigenvalue weighted by molar-refractivity contribution is 0.404. The van der Waals surface area contributed by atoms with Gasteiger partial charge in [-0.25, -0.2) is 0 Å². The first-order chi connectivity index (χ1) is 8.72. The summed E-state index contributed by atoms with van der Waals surface area (Å²) in [5.74, 6) is 0.843. The molecule has 3 heteroatoms. The second-order valence-corrected chi connectivity index (χ2v) is 5.49. The van der Waals surface area contributed by atoms with Gasteiger partial charge in [0.15, 0.2) is 0 Å². The van der Waals surface area contributed by atoms with E-state index in [9.17, 15) is 0 Å². The van der Waals surface area contributed by atoms with E-state index < -0.39 is 0 Å². The van der Waals surface area contributed by atoms with E-state index in [2.05, 4.69) is 18.7 Å². The minimum absolute atomic E-state index is 0.720. The Morgan fingerprint density at radius 1 is 1.17 bits per heavy atom. The van der Waals surface area contributed by atoms with Gasteiger partial charge >= 0.3 is 0 Å². The Labute approximate surface area is 115 Å². The summed E-state index contributed by atoms with van der Waals surface area (Å²) in [5, 5.41) is 0.720. The highest BCUT2D eigenvalue weighted by Crippen LogP contribution is 2.50. The molecule has 3 rings (SSSR count). The van der Waals surface area contributed by atoms with Gasteiger partial charge in [-0.3, -0.25) is 0 Å². The Bertz CT molecular complexity index is 649. The fraction of sp³-hybridized carbons (Fsp3) is 0.0667. The van der Waals surface area contributed by atoms with E-state index in [-0.39, 0.29) is 0 Å². The highest BCUT2D eigenvalue weighted by atomic mass is 35.5. The standard InChI is InChI=1S/C15H11ClOS/c1-9-10-5-3-4-6-13(10)18-15-12(17-2)8-7-11(16)14(9)15/h3-8H,1H2,2H3. The lowest BCUT2D eigenvalue weighted by Crippen LogP contribution is -2.01. The van der Waals surface area contributed by atoms with Crippen LogP contribution in [0.2, 0.25) is 5.02 Å². The summed E-state index contributed by atoms with van der Waals surface area (Å²) in [5.41, 5.74) is 3.09. The molecule has 1 aliphatic heterocycles. The molecule has 1 aliphatic rings. The molecule has 0 radical (unpaired) electrons. The fourth-order valence-corrected chi connectivity index (χ4v) is 3.71. The molecule has 2 aromatic rings. The summed E-state index contributed by atoms with van der Waals surface area (Å²) in [6.07, 6.45) is 0. The molecular formula is C15H11ClOS. The molecule has 0 aliphatic carbocycles. The van der Waals surface area contributed by atoms with Crippen molar-refractivity contribution in [3.05, 3.63) is 59.1 Å². The highest BCUT2D eigenvalue weighted by Gasteiger charge is 2.24. The van der Waals surface area contributed by atoms with Crippen molar-refractivity contribution >= 4 is 28.9 Å². The van der Waals surface area contributed by atoms with E-state index in [1.54, 1.807) is 18.9 Å².